The molecular weight excluding hydrogens is 385 g/mol. The normalized spacial score (nSPS) is 24.1. The highest BCUT2D eigenvalue weighted by Gasteiger charge is 2.43. The summed E-state index contributed by atoms with van der Waals surface area (Å²) in [7, 11) is -1.64. The Kier molecular flexibility index (Phi) is 8.25. The van der Waals surface area contributed by atoms with Crippen molar-refractivity contribution < 1.29 is 13.6 Å². The van der Waals surface area contributed by atoms with Crippen LogP contribution in [-0.2, 0) is 13.6 Å². The Morgan fingerprint density at radius 3 is 1.28 bits per heavy atom. The Bertz CT molecular complexity index is 393. The molecule has 2 atom stereocenters. The van der Waals surface area contributed by atoms with Crippen LogP contribution in [-0.4, -0.2) is 52.2 Å². The lowest BCUT2D eigenvalue weighted by Crippen LogP contribution is -2.45. The first-order valence-electron chi connectivity index (χ1n) is 9.22. The van der Waals surface area contributed by atoms with E-state index in [2.05, 4.69) is 67.7 Å². The van der Waals surface area contributed by atoms with Crippen molar-refractivity contribution in [3.8, 4) is 0 Å². The summed E-state index contributed by atoms with van der Waals surface area (Å²) in [6.07, 6.45) is 0. The van der Waals surface area contributed by atoms with Crippen LogP contribution >= 0.6 is 23.5 Å². The van der Waals surface area contributed by atoms with Gasteiger partial charge in [-0.3, -0.25) is 0 Å². The van der Waals surface area contributed by atoms with Gasteiger partial charge in [-0.15, -0.1) is 23.5 Å². The molecule has 0 radical (unpaired) electrons. The highest BCUT2D eigenvalue weighted by molar-refractivity contribution is 8.20. The minimum absolute atomic E-state index is 0.195. The Labute approximate surface area is 167 Å². The van der Waals surface area contributed by atoms with Gasteiger partial charge in [0.1, 0.15) is 4.77 Å². The van der Waals surface area contributed by atoms with Gasteiger partial charge in [0.2, 0.25) is 0 Å². The van der Waals surface area contributed by atoms with Gasteiger partial charge in [0.05, 0.1) is 0 Å². The fourth-order valence-corrected chi connectivity index (χ4v) is 7.30. The van der Waals surface area contributed by atoms with Crippen LogP contribution in [0.25, 0.3) is 0 Å². The molecule has 0 N–H and O–H groups in total. The van der Waals surface area contributed by atoms with E-state index < -0.39 is 16.6 Å². The minimum Gasteiger partial charge on any atom is -0.416 e. The quantitative estimate of drug-likeness (QED) is 0.455. The molecule has 1 heterocycles. The molecule has 0 aromatic rings. The number of ether oxygens (including phenoxy) is 1. The van der Waals surface area contributed by atoms with Crippen LogP contribution in [0.3, 0.4) is 0 Å². The van der Waals surface area contributed by atoms with Gasteiger partial charge in [0.25, 0.3) is 0 Å². The van der Waals surface area contributed by atoms with Gasteiger partial charge in [-0.1, -0.05) is 41.5 Å². The Balaban J connectivity index is 2.70. The van der Waals surface area contributed by atoms with E-state index in [0.717, 1.165) is 13.2 Å². The van der Waals surface area contributed by atoms with Crippen molar-refractivity contribution in [2.45, 2.75) is 93.1 Å². The molecule has 0 aromatic heterocycles. The fourth-order valence-electron chi connectivity index (χ4n) is 1.91. The third kappa shape index (κ3) is 6.54. The number of hydrogen-bond acceptors (Lipinski definition) is 5. The van der Waals surface area contributed by atoms with Crippen LogP contribution in [0.5, 0.6) is 0 Å². The van der Waals surface area contributed by atoms with Crippen LogP contribution in [0, 0.1) is 0 Å². The number of hydrogen-bond donors (Lipinski definition) is 0. The first-order chi connectivity index (χ1) is 11.1. The number of thioether (sulfide) groups is 2. The third-order valence-corrected chi connectivity index (χ3v) is 18.3. The predicted molar refractivity (Wildman–Crippen MR) is 120 cm³/mol. The van der Waals surface area contributed by atoms with Gasteiger partial charge in [0, 0.05) is 30.8 Å². The molecule has 1 fully saturated rings. The zero-order chi connectivity index (χ0) is 19.7. The molecular formula is C18H40O3S2Si2. The van der Waals surface area contributed by atoms with E-state index in [1.807, 2.05) is 23.5 Å². The van der Waals surface area contributed by atoms with Crippen molar-refractivity contribution in [2.75, 3.05) is 20.3 Å². The first-order valence-corrected chi connectivity index (χ1v) is 16.9. The monoisotopic (exact) mass is 424 g/mol. The molecule has 0 aromatic carbocycles. The second kappa shape index (κ2) is 8.58. The molecule has 0 aliphatic carbocycles. The maximum Gasteiger partial charge on any atom is 0.192 e. The predicted octanol–water partition coefficient (Wildman–Crippen LogP) is 6.18. The van der Waals surface area contributed by atoms with Crippen molar-refractivity contribution in [3.05, 3.63) is 0 Å². The lowest BCUT2D eigenvalue weighted by Gasteiger charge is -2.38. The lowest BCUT2D eigenvalue weighted by molar-refractivity contribution is 0.235. The molecule has 0 unspecified atom stereocenters. The van der Waals surface area contributed by atoms with Crippen LogP contribution in [0.15, 0.2) is 0 Å². The van der Waals surface area contributed by atoms with E-state index in [-0.39, 0.29) is 14.8 Å². The Morgan fingerprint density at radius 1 is 0.720 bits per heavy atom. The molecule has 1 aliphatic rings. The molecule has 25 heavy (non-hydrogen) atoms. The van der Waals surface area contributed by atoms with Gasteiger partial charge in [-0.2, -0.15) is 0 Å². The Hall–Kier alpha value is 1.01. The molecule has 0 saturated carbocycles. The summed E-state index contributed by atoms with van der Waals surface area (Å²) >= 11 is 3.80. The molecule has 150 valence electrons. The maximum atomic E-state index is 6.51. The summed E-state index contributed by atoms with van der Waals surface area (Å²) in [6.45, 7) is 24.7. The van der Waals surface area contributed by atoms with Crippen molar-refractivity contribution in [1.82, 2.24) is 0 Å². The highest BCUT2D eigenvalue weighted by atomic mass is 32.2. The van der Waals surface area contributed by atoms with Crippen LogP contribution in [0.4, 0.5) is 0 Å². The van der Waals surface area contributed by atoms with E-state index >= 15 is 0 Å². The largest absolute Gasteiger partial charge is 0.416 e. The van der Waals surface area contributed by atoms with Crippen molar-refractivity contribution in [2.24, 2.45) is 0 Å². The van der Waals surface area contributed by atoms with E-state index in [4.69, 9.17) is 13.6 Å². The summed E-state index contributed by atoms with van der Waals surface area (Å²) in [5.41, 5.74) is 0. The molecule has 0 spiro atoms. The third-order valence-electron chi connectivity index (χ3n) is 6.01. The van der Waals surface area contributed by atoms with Gasteiger partial charge < -0.3 is 13.6 Å². The molecule has 1 aliphatic heterocycles. The van der Waals surface area contributed by atoms with Gasteiger partial charge >= 0.3 is 0 Å². The number of methoxy groups -OCH3 is 1. The van der Waals surface area contributed by atoms with Gasteiger partial charge in [-0.05, 0) is 36.3 Å². The SMILES string of the molecule is COC1S[C@H](CO[Si](C)(C)C(C)(C)C)[C@@H](CO[Si](C)(C)C(C)(C)C)S1. The van der Waals surface area contributed by atoms with Crippen LogP contribution in [0.2, 0.25) is 36.3 Å². The summed E-state index contributed by atoms with van der Waals surface area (Å²) in [6, 6.07) is 0. The summed E-state index contributed by atoms with van der Waals surface area (Å²) in [5, 5.41) is 1.37. The molecule has 1 saturated heterocycles. The molecule has 1 rings (SSSR count). The van der Waals surface area contributed by atoms with E-state index in [1.54, 1.807) is 7.11 Å². The van der Waals surface area contributed by atoms with Gasteiger partial charge in [0.15, 0.2) is 16.6 Å². The van der Waals surface area contributed by atoms with Crippen molar-refractivity contribution in [1.29, 1.82) is 0 Å². The standard InChI is InChI=1S/C18H40O3S2Si2/c1-17(2,3)24(8,9)20-12-14-15(23-16(19-7)22-14)13-21-25(10,11)18(4,5)6/h14-16H,12-13H2,1-11H3/t14-,15-/m1/s1. The first kappa shape index (κ1) is 24.1. The van der Waals surface area contributed by atoms with Crippen molar-refractivity contribution >= 4 is 40.2 Å². The van der Waals surface area contributed by atoms with E-state index in [0.29, 0.717) is 10.5 Å². The van der Waals surface area contributed by atoms with Gasteiger partial charge in [-0.25, -0.2) is 0 Å². The fraction of sp³-hybridized carbons (Fsp3) is 1.00. The highest BCUT2D eigenvalue weighted by Crippen LogP contribution is 2.46. The lowest BCUT2D eigenvalue weighted by atomic mass is 10.2. The van der Waals surface area contributed by atoms with E-state index in [1.165, 1.54) is 0 Å². The molecule has 0 bridgehead atoms. The summed E-state index contributed by atoms with van der Waals surface area (Å²) in [5.74, 6) is 0. The minimum atomic E-state index is -1.72. The van der Waals surface area contributed by atoms with Crippen LogP contribution in [0.1, 0.15) is 41.5 Å². The summed E-state index contributed by atoms with van der Waals surface area (Å²) < 4.78 is 18.8. The zero-order valence-electron chi connectivity index (χ0n) is 18.2. The van der Waals surface area contributed by atoms with Crippen LogP contribution < -0.4 is 0 Å². The smallest absolute Gasteiger partial charge is 0.192 e. The number of rotatable bonds is 7. The second-order valence-corrected chi connectivity index (χ2v) is 22.5. The molecule has 3 nitrogen and oxygen atoms in total. The topological polar surface area (TPSA) is 27.7 Å². The zero-order valence-corrected chi connectivity index (χ0v) is 21.8. The average Bonchev–Trinajstić information content (AvgIpc) is 2.83. The maximum absolute atomic E-state index is 6.51. The second-order valence-electron chi connectivity index (χ2n) is 10.0. The average molecular weight is 425 g/mol. The summed E-state index contributed by atoms with van der Waals surface area (Å²) in [4.78, 5) is 0. The van der Waals surface area contributed by atoms with E-state index in [9.17, 15) is 0 Å². The molecule has 0 amide bonds. The molecule has 7 heteroatoms. The van der Waals surface area contributed by atoms with Crippen molar-refractivity contribution in [3.63, 3.8) is 0 Å². The Morgan fingerprint density at radius 2 is 1.04 bits per heavy atom.